The molecule has 0 unspecified atom stereocenters. The largest absolute Gasteiger partial charge is 0.490 e. The lowest BCUT2D eigenvalue weighted by atomic mass is 9.97. The number of nitrogen functional groups attached to an aromatic ring is 1. The summed E-state index contributed by atoms with van der Waals surface area (Å²) in [4.78, 5) is 25.7. The van der Waals surface area contributed by atoms with Crippen LogP contribution in [-0.4, -0.2) is 61.0 Å². The van der Waals surface area contributed by atoms with E-state index in [-0.39, 0.29) is 24.8 Å². The number of aliphatic hydroxyl groups is 1. The third-order valence-electron chi connectivity index (χ3n) is 7.52. The number of aryl methyl sites for hydroxylation is 1. The maximum atomic E-state index is 12.7. The van der Waals surface area contributed by atoms with Crippen LogP contribution in [0.25, 0.3) is 11.1 Å². The molecule has 1 fully saturated rings. The van der Waals surface area contributed by atoms with E-state index in [4.69, 9.17) is 10.5 Å². The summed E-state index contributed by atoms with van der Waals surface area (Å²) in [5.74, 6) is -0.379. The summed E-state index contributed by atoms with van der Waals surface area (Å²) < 4.78 is 31.6. The van der Waals surface area contributed by atoms with Gasteiger partial charge in [-0.15, -0.1) is 0 Å². The fourth-order valence-electron chi connectivity index (χ4n) is 5.21. The molecule has 0 bridgehead atoms. The number of nitrogens with two attached hydrogens (primary N) is 1. The van der Waals surface area contributed by atoms with Crippen molar-refractivity contribution >= 4 is 27.7 Å². The predicted octanol–water partition coefficient (Wildman–Crippen LogP) is 4.98. The van der Waals surface area contributed by atoms with Gasteiger partial charge in [-0.1, -0.05) is 48.9 Å². The van der Waals surface area contributed by atoms with Gasteiger partial charge in [0.05, 0.1) is 30.6 Å². The molecule has 0 aromatic heterocycles. The van der Waals surface area contributed by atoms with Crippen LogP contribution in [-0.2, 0) is 16.4 Å². The van der Waals surface area contributed by atoms with Gasteiger partial charge in [-0.25, -0.2) is 17.9 Å². The molecule has 10 nitrogen and oxygen atoms in total. The minimum atomic E-state index is -3.73. The molecule has 0 spiro atoms. The summed E-state index contributed by atoms with van der Waals surface area (Å²) >= 11 is 0. The molecule has 5 N–H and O–H groups in total. The topological polar surface area (TPSA) is 159 Å². The number of rotatable bonds is 12. The average molecular weight is 610 g/mol. The van der Waals surface area contributed by atoms with Crippen LogP contribution in [0.15, 0.2) is 66.7 Å². The number of nitrogens with one attached hydrogen (secondary N) is 1. The first-order chi connectivity index (χ1) is 20.5. The molecule has 1 atom stereocenters. The Hall–Kier alpha value is -4.09. The van der Waals surface area contributed by atoms with Crippen molar-refractivity contribution in [2.45, 2.75) is 57.2 Å². The van der Waals surface area contributed by atoms with Gasteiger partial charge < -0.3 is 25.6 Å². The molecule has 0 heterocycles. The van der Waals surface area contributed by atoms with E-state index in [1.165, 1.54) is 4.90 Å². The highest BCUT2D eigenvalue weighted by molar-refractivity contribution is 7.89. The van der Waals surface area contributed by atoms with Crippen LogP contribution in [0.2, 0.25) is 0 Å². The van der Waals surface area contributed by atoms with Crippen LogP contribution in [0.3, 0.4) is 0 Å². The van der Waals surface area contributed by atoms with Crippen molar-refractivity contribution in [3.8, 4) is 16.9 Å². The number of sulfonamides is 1. The molecule has 1 saturated carbocycles. The average Bonchev–Trinajstić information content (AvgIpc) is 2.97. The second-order valence-corrected chi connectivity index (χ2v) is 12.8. The van der Waals surface area contributed by atoms with Crippen LogP contribution < -0.4 is 15.2 Å². The van der Waals surface area contributed by atoms with Crippen molar-refractivity contribution in [2.75, 3.05) is 25.1 Å². The van der Waals surface area contributed by atoms with Crippen molar-refractivity contribution in [3.05, 3.63) is 83.4 Å². The summed E-state index contributed by atoms with van der Waals surface area (Å²) in [5, 5.41) is 20.1. The van der Waals surface area contributed by atoms with Gasteiger partial charge in [0.1, 0.15) is 5.75 Å². The van der Waals surface area contributed by atoms with Crippen molar-refractivity contribution in [1.29, 1.82) is 0 Å². The molecule has 3 aromatic carbocycles. The van der Waals surface area contributed by atoms with Crippen molar-refractivity contribution < 1.29 is 33.0 Å². The van der Waals surface area contributed by atoms with E-state index < -0.39 is 28.1 Å². The molecule has 0 saturated heterocycles. The van der Waals surface area contributed by atoms with Gasteiger partial charge in [-0.3, -0.25) is 4.79 Å². The zero-order chi connectivity index (χ0) is 31.0. The van der Waals surface area contributed by atoms with Gasteiger partial charge in [0.25, 0.3) is 5.91 Å². The highest BCUT2D eigenvalue weighted by atomic mass is 32.2. The van der Waals surface area contributed by atoms with Gasteiger partial charge in [-0.05, 0) is 85.0 Å². The Labute approximate surface area is 252 Å². The molecular weight excluding hydrogens is 570 g/mol. The molecule has 11 heteroatoms. The smallest absolute Gasteiger partial charge is 0.407 e. The number of hydrogen-bond acceptors (Lipinski definition) is 7. The summed E-state index contributed by atoms with van der Waals surface area (Å²) in [7, 11) is -3.73. The Kier molecular flexibility index (Phi) is 10.7. The number of aliphatic hydroxyl groups excluding tert-OH is 1. The minimum absolute atomic E-state index is 0.0332. The zero-order valence-electron chi connectivity index (χ0n) is 24.2. The Morgan fingerprint density at radius 1 is 1.00 bits per heavy atom. The summed E-state index contributed by atoms with van der Waals surface area (Å²) in [6, 6.07) is 19.7. The molecule has 0 aliphatic heterocycles. The third kappa shape index (κ3) is 9.45. The van der Waals surface area contributed by atoms with E-state index in [0.717, 1.165) is 55.1 Å². The third-order valence-corrected chi connectivity index (χ3v) is 8.07. The van der Waals surface area contributed by atoms with Crippen LogP contribution >= 0.6 is 0 Å². The highest BCUT2D eigenvalue weighted by Crippen LogP contribution is 2.31. The molecule has 43 heavy (non-hydrogen) atoms. The second-order valence-electron chi connectivity index (χ2n) is 11.0. The number of carboxylic acid groups (broad SMARTS) is 1. The number of benzene rings is 3. The number of amides is 2. The number of carbonyl (C=O) groups is 2. The van der Waals surface area contributed by atoms with Crippen LogP contribution in [0, 0.1) is 0 Å². The minimum Gasteiger partial charge on any atom is -0.490 e. The summed E-state index contributed by atoms with van der Waals surface area (Å²) in [5.41, 5.74) is 9.77. The summed E-state index contributed by atoms with van der Waals surface area (Å²) in [6.45, 7) is 0.226. The zero-order valence-corrected chi connectivity index (χ0v) is 25.1. The highest BCUT2D eigenvalue weighted by Gasteiger charge is 2.22. The first-order valence-electron chi connectivity index (χ1n) is 14.4. The van der Waals surface area contributed by atoms with Crippen molar-refractivity contribution in [2.24, 2.45) is 0 Å². The second kappa shape index (κ2) is 14.4. The molecule has 1 aliphatic rings. The van der Waals surface area contributed by atoms with E-state index in [0.29, 0.717) is 29.8 Å². The first kappa shape index (κ1) is 31.8. The maximum Gasteiger partial charge on any atom is 0.407 e. The van der Waals surface area contributed by atoms with E-state index in [9.17, 15) is 28.2 Å². The van der Waals surface area contributed by atoms with E-state index >= 15 is 0 Å². The molecule has 2 amide bonds. The monoisotopic (exact) mass is 609 g/mol. The SMILES string of the molecule is CS(=O)(=O)NC(=O)c1ccc(-c2ccc(CCCN(C[C@H](O)c3ccc(N)cc3)C(=O)O)cc2)cc1OC1CCCCC1. The van der Waals surface area contributed by atoms with Gasteiger partial charge in [0.15, 0.2) is 0 Å². The Bertz CT molecular complexity index is 1500. The fraction of sp³-hybridized carbons (Fsp3) is 0.375. The normalized spacial score (nSPS) is 14.6. The Balaban J connectivity index is 1.41. The van der Waals surface area contributed by atoms with Crippen LogP contribution in [0.4, 0.5) is 10.5 Å². The molecule has 230 valence electrons. The standard InChI is InChI=1S/C32H39N3O7S/c1-43(40,41)34-31(37)28-18-15-25(20-30(28)42-27-7-3-2-4-8-27)23-11-9-22(10-12-23)6-5-19-35(32(38)39)21-29(36)24-13-16-26(33)17-14-24/h9-18,20,27,29,36H,2-8,19,21,33H2,1H3,(H,34,37)(H,38,39)/t29-/m0/s1. The van der Waals surface area contributed by atoms with Gasteiger partial charge in [-0.2, -0.15) is 0 Å². The lowest BCUT2D eigenvalue weighted by Crippen LogP contribution is -2.34. The summed E-state index contributed by atoms with van der Waals surface area (Å²) in [6.07, 6.45) is 5.07. The van der Waals surface area contributed by atoms with Crippen LogP contribution in [0.1, 0.15) is 66.1 Å². The number of anilines is 1. The lowest BCUT2D eigenvalue weighted by Gasteiger charge is -2.24. The molecule has 3 aromatic rings. The van der Waals surface area contributed by atoms with Gasteiger partial charge >= 0.3 is 6.09 Å². The number of ether oxygens (including phenoxy) is 1. The van der Waals surface area contributed by atoms with Gasteiger partial charge in [0, 0.05) is 12.2 Å². The molecule has 4 rings (SSSR count). The maximum absolute atomic E-state index is 12.7. The van der Waals surface area contributed by atoms with Crippen molar-refractivity contribution in [1.82, 2.24) is 9.62 Å². The lowest BCUT2D eigenvalue weighted by molar-refractivity contribution is 0.0961. The van der Waals surface area contributed by atoms with Gasteiger partial charge in [0.2, 0.25) is 10.0 Å². The molecular formula is C32H39N3O7S. The van der Waals surface area contributed by atoms with Crippen LogP contribution in [0.5, 0.6) is 5.75 Å². The van der Waals surface area contributed by atoms with E-state index in [1.807, 2.05) is 29.0 Å². The first-order valence-corrected chi connectivity index (χ1v) is 16.3. The number of hydrogen-bond donors (Lipinski definition) is 4. The molecule has 0 radical (unpaired) electrons. The van der Waals surface area contributed by atoms with E-state index in [2.05, 4.69) is 0 Å². The fourth-order valence-corrected chi connectivity index (χ4v) is 5.65. The predicted molar refractivity (Wildman–Crippen MR) is 165 cm³/mol. The molecule has 1 aliphatic carbocycles. The quantitative estimate of drug-likeness (QED) is 0.209. The Morgan fingerprint density at radius 3 is 2.28 bits per heavy atom. The Morgan fingerprint density at radius 2 is 1.65 bits per heavy atom. The van der Waals surface area contributed by atoms with Crippen molar-refractivity contribution in [3.63, 3.8) is 0 Å². The number of carbonyl (C=O) groups excluding carboxylic acids is 1. The van der Waals surface area contributed by atoms with E-state index in [1.54, 1.807) is 42.5 Å². The number of nitrogens with zero attached hydrogens (tertiary/aromatic N) is 1.